The van der Waals surface area contributed by atoms with Gasteiger partial charge in [0.1, 0.15) is 25.6 Å². The molecule has 0 bridgehead atoms. The van der Waals surface area contributed by atoms with Crippen molar-refractivity contribution in [1.82, 2.24) is 4.90 Å². The first-order chi connectivity index (χ1) is 16.2. The highest BCUT2D eigenvalue weighted by molar-refractivity contribution is 7.92. The van der Waals surface area contributed by atoms with Gasteiger partial charge >= 0.3 is 0 Å². The normalized spacial score (nSPS) is 12.8. The minimum absolute atomic E-state index is 0.0601. The summed E-state index contributed by atoms with van der Waals surface area (Å²) in [4.78, 5) is 14.5. The number of amides is 1. The Labute approximate surface area is 198 Å². The van der Waals surface area contributed by atoms with Crippen molar-refractivity contribution in [2.45, 2.75) is 18.4 Å². The number of carbonyl (C=O) groups excluding carboxylic acids is 1. The lowest BCUT2D eigenvalue weighted by molar-refractivity contribution is -0.128. The summed E-state index contributed by atoms with van der Waals surface area (Å²) in [5, 5.41) is 0. The summed E-state index contributed by atoms with van der Waals surface area (Å²) in [6.45, 7) is 2.52. The predicted molar refractivity (Wildman–Crippen MR) is 126 cm³/mol. The first-order valence-electron chi connectivity index (χ1n) is 10.7. The van der Waals surface area contributed by atoms with E-state index in [1.54, 1.807) is 7.05 Å². The number of likely N-dealkylation sites (N-methyl/N-ethyl adjacent to an activating group) is 1. The summed E-state index contributed by atoms with van der Waals surface area (Å²) < 4.78 is 52.8. The van der Waals surface area contributed by atoms with Gasteiger partial charge in [0.15, 0.2) is 11.5 Å². The first kappa shape index (κ1) is 23.6. The molecule has 0 spiro atoms. The number of aryl methyl sites for hydroxylation is 1. The summed E-state index contributed by atoms with van der Waals surface area (Å²) in [5.41, 5.74) is 2.20. The third-order valence-electron chi connectivity index (χ3n) is 5.46. The van der Waals surface area contributed by atoms with E-state index in [1.165, 1.54) is 35.2 Å². The van der Waals surface area contributed by atoms with E-state index in [2.05, 4.69) is 0 Å². The molecule has 0 atom stereocenters. The molecule has 1 aliphatic rings. The minimum Gasteiger partial charge on any atom is -0.486 e. The zero-order valence-corrected chi connectivity index (χ0v) is 19.7. The van der Waals surface area contributed by atoms with E-state index in [0.717, 1.165) is 27.6 Å². The highest BCUT2D eigenvalue weighted by atomic mass is 32.2. The van der Waals surface area contributed by atoms with Crippen LogP contribution in [0.4, 0.5) is 10.1 Å². The van der Waals surface area contributed by atoms with Crippen LogP contribution in [0.5, 0.6) is 11.5 Å². The lowest BCUT2D eigenvalue weighted by Gasteiger charge is -2.27. The van der Waals surface area contributed by atoms with Crippen LogP contribution in [0.2, 0.25) is 0 Å². The second-order valence-corrected chi connectivity index (χ2v) is 9.89. The number of hydrogen-bond donors (Lipinski definition) is 0. The average Bonchev–Trinajstić information content (AvgIpc) is 2.84. The quantitative estimate of drug-likeness (QED) is 0.511. The second-order valence-electron chi connectivity index (χ2n) is 8.03. The Balaban J connectivity index is 1.63. The molecule has 0 saturated heterocycles. The topological polar surface area (TPSA) is 76.2 Å². The molecule has 9 heteroatoms. The van der Waals surface area contributed by atoms with Crippen LogP contribution in [0.3, 0.4) is 0 Å². The van der Waals surface area contributed by atoms with Crippen molar-refractivity contribution in [3.8, 4) is 11.5 Å². The number of ether oxygens (including phenoxy) is 2. The zero-order valence-electron chi connectivity index (χ0n) is 18.9. The zero-order chi connectivity index (χ0) is 24.3. The summed E-state index contributed by atoms with van der Waals surface area (Å²) in [5.74, 6) is -0.157. The van der Waals surface area contributed by atoms with Crippen LogP contribution >= 0.6 is 0 Å². The smallest absolute Gasteiger partial charge is 0.264 e. The maximum atomic E-state index is 13.6. The van der Waals surface area contributed by atoms with E-state index < -0.39 is 28.3 Å². The standard InChI is InChI=1S/C25H25FN2O5S/c1-18-3-5-19(6-4-18)16-27(2)25(29)17-28(21-9-7-20(26)8-10-21)34(30,31)22-11-12-23-24(15-22)33-14-13-32-23/h3-12,15H,13-14,16-17H2,1-2H3. The van der Waals surface area contributed by atoms with Gasteiger partial charge in [0, 0.05) is 19.7 Å². The molecule has 34 heavy (non-hydrogen) atoms. The summed E-state index contributed by atoms with van der Waals surface area (Å²) in [7, 11) is -2.57. The van der Waals surface area contributed by atoms with Gasteiger partial charge in [-0.05, 0) is 48.9 Å². The highest BCUT2D eigenvalue weighted by Gasteiger charge is 2.30. The molecule has 178 valence electrons. The van der Waals surface area contributed by atoms with Crippen LogP contribution in [0, 0.1) is 12.7 Å². The maximum Gasteiger partial charge on any atom is 0.264 e. The van der Waals surface area contributed by atoms with Gasteiger partial charge in [-0.15, -0.1) is 0 Å². The molecule has 0 N–H and O–H groups in total. The monoisotopic (exact) mass is 484 g/mol. The molecule has 0 fully saturated rings. The molecule has 0 aliphatic carbocycles. The van der Waals surface area contributed by atoms with Gasteiger partial charge in [-0.2, -0.15) is 0 Å². The third kappa shape index (κ3) is 5.14. The van der Waals surface area contributed by atoms with Crippen molar-refractivity contribution >= 4 is 21.6 Å². The minimum atomic E-state index is -4.18. The van der Waals surface area contributed by atoms with Crippen LogP contribution in [0.25, 0.3) is 0 Å². The van der Waals surface area contributed by atoms with E-state index >= 15 is 0 Å². The van der Waals surface area contributed by atoms with Gasteiger partial charge in [-0.3, -0.25) is 9.10 Å². The van der Waals surface area contributed by atoms with Crippen LogP contribution in [0.15, 0.2) is 71.6 Å². The molecular weight excluding hydrogens is 459 g/mol. The Morgan fingerprint density at radius 3 is 2.26 bits per heavy atom. The number of nitrogens with zero attached hydrogens (tertiary/aromatic N) is 2. The molecule has 3 aromatic rings. The van der Waals surface area contributed by atoms with Gasteiger partial charge in [-0.25, -0.2) is 12.8 Å². The van der Waals surface area contributed by atoms with Crippen molar-refractivity contribution in [1.29, 1.82) is 0 Å². The summed E-state index contributed by atoms with van der Waals surface area (Å²) >= 11 is 0. The Morgan fingerprint density at radius 2 is 1.59 bits per heavy atom. The Morgan fingerprint density at radius 1 is 0.941 bits per heavy atom. The van der Waals surface area contributed by atoms with E-state index in [9.17, 15) is 17.6 Å². The molecule has 7 nitrogen and oxygen atoms in total. The molecule has 1 aliphatic heterocycles. The Bertz CT molecular complexity index is 1280. The largest absolute Gasteiger partial charge is 0.486 e. The number of carbonyl (C=O) groups is 1. The molecule has 0 saturated carbocycles. The van der Waals surface area contributed by atoms with Crippen LogP contribution in [-0.2, 0) is 21.4 Å². The van der Waals surface area contributed by atoms with Gasteiger partial charge in [0.2, 0.25) is 5.91 Å². The van der Waals surface area contributed by atoms with Crippen molar-refractivity contribution in [3.63, 3.8) is 0 Å². The first-order valence-corrected chi connectivity index (χ1v) is 12.2. The van der Waals surface area contributed by atoms with Gasteiger partial charge in [-0.1, -0.05) is 29.8 Å². The van der Waals surface area contributed by atoms with E-state index in [4.69, 9.17) is 9.47 Å². The average molecular weight is 485 g/mol. The van der Waals surface area contributed by atoms with Crippen molar-refractivity contribution in [2.24, 2.45) is 0 Å². The van der Waals surface area contributed by atoms with Crippen molar-refractivity contribution in [3.05, 3.63) is 83.7 Å². The SMILES string of the molecule is Cc1ccc(CN(C)C(=O)CN(c2ccc(F)cc2)S(=O)(=O)c2ccc3c(c2)OCCO3)cc1. The molecule has 0 aromatic heterocycles. The molecule has 0 radical (unpaired) electrons. The maximum absolute atomic E-state index is 13.6. The van der Waals surface area contributed by atoms with Crippen molar-refractivity contribution in [2.75, 3.05) is 31.1 Å². The van der Waals surface area contributed by atoms with Gasteiger partial charge < -0.3 is 14.4 Å². The lowest BCUT2D eigenvalue weighted by atomic mass is 10.1. The number of sulfonamides is 1. The fraction of sp³-hybridized carbons (Fsp3) is 0.240. The molecule has 3 aromatic carbocycles. The van der Waals surface area contributed by atoms with E-state index in [0.29, 0.717) is 31.3 Å². The van der Waals surface area contributed by atoms with Crippen LogP contribution in [0.1, 0.15) is 11.1 Å². The number of halogens is 1. The lowest BCUT2D eigenvalue weighted by Crippen LogP contribution is -2.41. The molecule has 0 unspecified atom stereocenters. The number of hydrogen-bond acceptors (Lipinski definition) is 5. The molecule has 1 amide bonds. The summed E-state index contributed by atoms with van der Waals surface area (Å²) in [6.07, 6.45) is 0. The number of rotatable bonds is 7. The highest BCUT2D eigenvalue weighted by Crippen LogP contribution is 2.34. The number of fused-ring (bicyclic) bond motifs is 1. The van der Waals surface area contributed by atoms with Crippen molar-refractivity contribution < 1.29 is 27.1 Å². The van der Waals surface area contributed by atoms with E-state index in [1.807, 2.05) is 31.2 Å². The fourth-order valence-corrected chi connectivity index (χ4v) is 4.96. The van der Waals surface area contributed by atoms with Crippen LogP contribution in [-0.4, -0.2) is 46.0 Å². The molecule has 1 heterocycles. The fourth-order valence-electron chi connectivity index (χ4n) is 3.53. The third-order valence-corrected chi connectivity index (χ3v) is 7.23. The second kappa shape index (κ2) is 9.72. The summed E-state index contributed by atoms with van der Waals surface area (Å²) in [6, 6.07) is 17.0. The Kier molecular flexibility index (Phi) is 6.74. The molecule has 4 rings (SSSR count). The van der Waals surface area contributed by atoms with Crippen LogP contribution < -0.4 is 13.8 Å². The van der Waals surface area contributed by atoms with E-state index in [-0.39, 0.29) is 10.6 Å². The van der Waals surface area contributed by atoms with Gasteiger partial charge in [0.05, 0.1) is 10.6 Å². The predicted octanol–water partition coefficient (Wildman–Crippen LogP) is 3.76. The van der Waals surface area contributed by atoms with Gasteiger partial charge in [0.25, 0.3) is 10.0 Å². The molecular formula is C25H25FN2O5S. The number of benzene rings is 3. The Hall–Kier alpha value is -3.59. The number of anilines is 1.